The van der Waals surface area contributed by atoms with E-state index in [9.17, 15) is 9.59 Å². The number of carbonyl (C=O) groups excluding carboxylic acids is 2. The van der Waals surface area contributed by atoms with Gasteiger partial charge in [-0.15, -0.1) is 17.9 Å². The third kappa shape index (κ3) is 4.92. The van der Waals surface area contributed by atoms with Crippen LogP contribution in [-0.4, -0.2) is 23.3 Å². The molecule has 2 N–H and O–H groups in total. The molecule has 0 saturated heterocycles. The standard InChI is InChI=1S/C22H21N3O2S/c1-3-11-23-21(27)18-9-4-5-10-19(18)25-20(26)13-17-14-28-22(24-17)16-8-6-7-15(2)12-16/h3-10,12,14H,1,11,13H2,2H3,(H,23,27)(H,25,26). The molecule has 6 heteroatoms. The van der Waals surface area contributed by atoms with Crippen molar-refractivity contribution in [3.8, 4) is 10.6 Å². The van der Waals surface area contributed by atoms with E-state index in [1.54, 1.807) is 30.3 Å². The number of amides is 2. The Morgan fingerprint density at radius 2 is 2.00 bits per heavy atom. The van der Waals surface area contributed by atoms with Gasteiger partial charge in [0.15, 0.2) is 0 Å². The van der Waals surface area contributed by atoms with Crippen molar-refractivity contribution in [2.75, 3.05) is 11.9 Å². The highest BCUT2D eigenvalue weighted by atomic mass is 32.1. The molecular formula is C22H21N3O2S. The fourth-order valence-corrected chi connectivity index (χ4v) is 3.52. The summed E-state index contributed by atoms with van der Waals surface area (Å²) in [6, 6.07) is 15.0. The molecule has 0 atom stereocenters. The molecule has 142 valence electrons. The van der Waals surface area contributed by atoms with Gasteiger partial charge in [0, 0.05) is 17.5 Å². The van der Waals surface area contributed by atoms with E-state index in [2.05, 4.69) is 28.3 Å². The lowest BCUT2D eigenvalue weighted by Crippen LogP contribution is -2.25. The Kier molecular flexibility index (Phi) is 6.34. The number of rotatable bonds is 7. The van der Waals surface area contributed by atoms with Crippen LogP contribution < -0.4 is 10.6 Å². The second kappa shape index (κ2) is 9.10. The van der Waals surface area contributed by atoms with Crippen LogP contribution in [0.2, 0.25) is 0 Å². The average molecular weight is 391 g/mol. The van der Waals surface area contributed by atoms with Crippen LogP contribution in [0.4, 0.5) is 5.69 Å². The maximum absolute atomic E-state index is 12.5. The zero-order valence-electron chi connectivity index (χ0n) is 15.6. The van der Waals surface area contributed by atoms with Crippen molar-refractivity contribution in [2.45, 2.75) is 13.3 Å². The topological polar surface area (TPSA) is 71.1 Å². The van der Waals surface area contributed by atoms with Gasteiger partial charge in [0.1, 0.15) is 5.01 Å². The maximum atomic E-state index is 12.5. The van der Waals surface area contributed by atoms with Gasteiger partial charge in [-0.3, -0.25) is 9.59 Å². The second-order valence-electron chi connectivity index (χ2n) is 6.28. The summed E-state index contributed by atoms with van der Waals surface area (Å²) in [6.07, 6.45) is 1.75. The zero-order valence-corrected chi connectivity index (χ0v) is 16.4. The number of nitrogens with zero attached hydrogens (tertiary/aromatic N) is 1. The van der Waals surface area contributed by atoms with Crippen LogP contribution in [0.3, 0.4) is 0 Å². The number of hydrogen-bond donors (Lipinski definition) is 2. The first kappa shape index (κ1) is 19.5. The lowest BCUT2D eigenvalue weighted by molar-refractivity contribution is -0.115. The highest BCUT2D eigenvalue weighted by Gasteiger charge is 2.14. The molecule has 0 saturated carbocycles. The van der Waals surface area contributed by atoms with E-state index >= 15 is 0 Å². The third-order valence-corrected chi connectivity index (χ3v) is 4.95. The van der Waals surface area contributed by atoms with Crippen molar-refractivity contribution in [1.29, 1.82) is 0 Å². The number of carbonyl (C=O) groups is 2. The third-order valence-electron chi connectivity index (χ3n) is 4.01. The quantitative estimate of drug-likeness (QED) is 0.593. The molecule has 0 fully saturated rings. The minimum atomic E-state index is -0.258. The fraction of sp³-hybridized carbons (Fsp3) is 0.136. The Balaban J connectivity index is 1.68. The van der Waals surface area contributed by atoms with Crippen LogP contribution >= 0.6 is 11.3 Å². The summed E-state index contributed by atoms with van der Waals surface area (Å²) in [6.45, 7) is 5.98. The Hall–Kier alpha value is -3.25. The molecule has 1 aromatic heterocycles. The largest absolute Gasteiger partial charge is 0.349 e. The fourth-order valence-electron chi connectivity index (χ4n) is 2.71. The SMILES string of the molecule is C=CCNC(=O)c1ccccc1NC(=O)Cc1csc(-c2cccc(C)c2)n1. The molecule has 0 bridgehead atoms. The summed E-state index contributed by atoms with van der Waals surface area (Å²) >= 11 is 1.51. The van der Waals surface area contributed by atoms with Crippen LogP contribution in [0.5, 0.6) is 0 Å². The summed E-state index contributed by atoms with van der Waals surface area (Å²) in [4.78, 5) is 29.3. The molecule has 2 aromatic carbocycles. The summed E-state index contributed by atoms with van der Waals surface area (Å²) < 4.78 is 0. The molecule has 3 aromatic rings. The van der Waals surface area contributed by atoms with E-state index in [4.69, 9.17) is 0 Å². The van der Waals surface area contributed by atoms with Gasteiger partial charge in [-0.05, 0) is 25.1 Å². The zero-order chi connectivity index (χ0) is 19.9. The van der Waals surface area contributed by atoms with E-state index in [-0.39, 0.29) is 18.2 Å². The highest BCUT2D eigenvalue weighted by molar-refractivity contribution is 7.13. The number of anilines is 1. The van der Waals surface area contributed by atoms with E-state index in [0.29, 0.717) is 23.5 Å². The Bertz CT molecular complexity index is 1010. The molecule has 0 aliphatic rings. The van der Waals surface area contributed by atoms with Crippen molar-refractivity contribution in [3.05, 3.63) is 83.4 Å². The molecular weight excluding hydrogens is 370 g/mol. The summed E-state index contributed by atoms with van der Waals surface area (Å²) in [7, 11) is 0. The molecule has 0 aliphatic carbocycles. The molecule has 5 nitrogen and oxygen atoms in total. The van der Waals surface area contributed by atoms with Crippen LogP contribution in [0.1, 0.15) is 21.6 Å². The summed E-state index contributed by atoms with van der Waals surface area (Å²) in [5.41, 5.74) is 3.80. The predicted molar refractivity (Wildman–Crippen MR) is 114 cm³/mol. The number of aromatic nitrogens is 1. The first-order valence-electron chi connectivity index (χ1n) is 8.86. The lowest BCUT2D eigenvalue weighted by atomic mass is 10.1. The van der Waals surface area contributed by atoms with Crippen LogP contribution in [0, 0.1) is 6.92 Å². The van der Waals surface area contributed by atoms with Crippen molar-refractivity contribution in [2.24, 2.45) is 0 Å². The van der Waals surface area contributed by atoms with Crippen molar-refractivity contribution in [1.82, 2.24) is 10.3 Å². The van der Waals surface area contributed by atoms with Crippen LogP contribution in [-0.2, 0) is 11.2 Å². The molecule has 28 heavy (non-hydrogen) atoms. The monoisotopic (exact) mass is 391 g/mol. The molecule has 0 unspecified atom stereocenters. The molecule has 3 rings (SSSR count). The summed E-state index contributed by atoms with van der Waals surface area (Å²) in [5.74, 6) is -0.476. The van der Waals surface area contributed by atoms with E-state index in [1.807, 2.05) is 30.5 Å². The molecule has 1 heterocycles. The number of thiazole rings is 1. The van der Waals surface area contributed by atoms with Crippen molar-refractivity contribution in [3.63, 3.8) is 0 Å². The van der Waals surface area contributed by atoms with Gasteiger partial charge in [-0.1, -0.05) is 42.0 Å². The maximum Gasteiger partial charge on any atom is 0.253 e. The highest BCUT2D eigenvalue weighted by Crippen LogP contribution is 2.25. The van der Waals surface area contributed by atoms with E-state index in [0.717, 1.165) is 10.6 Å². The normalized spacial score (nSPS) is 10.3. The van der Waals surface area contributed by atoms with Gasteiger partial charge >= 0.3 is 0 Å². The number of hydrogen-bond acceptors (Lipinski definition) is 4. The van der Waals surface area contributed by atoms with Gasteiger partial charge in [-0.25, -0.2) is 4.98 Å². The Labute approximate surface area is 168 Å². The van der Waals surface area contributed by atoms with Gasteiger partial charge < -0.3 is 10.6 Å². The molecule has 0 radical (unpaired) electrons. The molecule has 0 aliphatic heterocycles. The van der Waals surface area contributed by atoms with Gasteiger partial charge in [-0.2, -0.15) is 0 Å². The smallest absolute Gasteiger partial charge is 0.253 e. The average Bonchev–Trinajstić information content (AvgIpc) is 3.15. The lowest BCUT2D eigenvalue weighted by Gasteiger charge is -2.10. The van der Waals surface area contributed by atoms with Crippen molar-refractivity contribution >= 4 is 28.8 Å². The van der Waals surface area contributed by atoms with Crippen LogP contribution in [0.15, 0.2) is 66.6 Å². The molecule has 0 spiro atoms. The van der Waals surface area contributed by atoms with Gasteiger partial charge in [0.2, 0.25) is 5.91 Å². The Morgan fingerprint density at radius 3 is 2.79 bits per heavy atom. The Morgan fingerprint density at radius 1 is 1.18 bits per heavy atom. The molecule has 2 amide bonds. The van der Waals surface area contributed by atoms with Gasteiger partial charge in [0.05, 0.1) is 23.4 Å². The minimum Gasteiger partial charge on any atom is -0.349 e. The number of para-hydroxylation sites is 1. The number of benzene rings is 2. The van der Waals surface area contributed by atoms with Crippen LogP contribution in [0.25, 0.3) is 10.6 Å². The van der Waals surface area contributed by atoms with Gasteiger partial charge in [0.25, 0.3) is 5.91 Å². The number of nitrogens with one attached hydrogen (secondary N) is 2. The first-order valence-corrected chi connectivity index (χ1v) is 9.74. The minimum absolute atomic E-state index is 0.144. The van der Waals surface area contributed by atoms with E-state index in [1.165, 1.54) is 16.9 Å². The van der Waals surface area contributed by atoms with Crippen molar-refractivity contribution < 1.29 is 9.59 Å². The first-order chi connectivity index (χ1) is 13.6. The summed E-state index contributed by atoms with van der Waals surface area (Å²) in [5, 5.41) is 8.31. The number of aryl methyl sites for hydroxylation is 1. The predicted octanol–water partition coefficient (Wildman–Crippen LogP) is 4.22. The second-order valence-corrected chi connectivity index (χ2v) is 7.14. The van der Waals surface area contributed by atoms with E-state index < -0.39 is 0 Å².